The van der Waals surface area contributed by atoms with Crippen LogP contribution >= 0.6 is 11.6 Å². The minimum atomic E-state index is -0.231. The van der Waals surface area contributed by atoms with Crippen LogP contribution in [-0.2, 0) is 4.74 Å². The molecule has 1 unspecified atom stereocenters. The molecule has 1 aromatic heterocycles. The van der Waals surface area contributed by atoms with E-state index in [0.29, 0.717) is 46.7 Å². The largest absolute Gasteiger partial charge is 0.493 e. The third kappa shape index (κ3) is 4.40. The highest BCUT2D eigenvalue weighted by Gasteiger charge is 2.24. The van der Waals surface area contributed by atoms with E-state index in [1.807, 2.05) is 12.1 Å². The minimum Gasteiger partial charge on any atom is -0.493 e. The molecule has 1 amide bonds. The molecule has 154 valence electrons. The molecule has 0 aliphatic carbocycles. The number of carbonyl (C=O) groups excluding carboxylic acids is 1. The van der Waals surface area contributed by atoms with E-state index in [-0.39, 0.29) is 12.0 Å². The van der Waals surface area contributed by atoms with Gasteiger partial charge in [0, 0.05) is 29.9 Å². The third-order valence-electron chi connectivity index (χ3n) is 4.76. The van der Waals surface area contributed by atoms with Gasteiger partial charge in [0.15, 0.2) is 11.5 Å². The van der Waals surface area contributed by atoms with Crippen molar-refractivity contribution in [2.75, 3.05) is 25.2 Å². The van der Waals surface area contributed by atoms with E-state index in [9.17, 15) is 4.79 Å². The molecule has 2 heterocycles. The zero-order valence-corrected chi connectivity index (χ0v) is 17.2. The van der Waals surface area contributed by atoms with Gasteiger partial charge in [-0.2, -0.15) is 0 Å². The minimum absolute atomic E-state index is 0.0530. The van der Waals surface area contributed by atoms with Crippen molar-refractivity contribution in [3.63, 3.8) is 0 Å². The molecule has 7 heteroatoms. The highest BCUT2D eigenvalue weighted by atomic mass is 35.5. The van der Waals surface area contributed by atoms with Crippen LogP contribution in [0.4, 0.5) is 11.4 Å². The molecule has 0 bridgehead atoms. The Bertz CT molecular complexity index is 1020. The molecule has 1 atom stereocenters. The molecule has 0 N–H and O–H groups in total. The fourth-order valence-electron chi connectivity index (χ4n) is 3.30. The van der Waals surface area contributed by atoms with Crippen molar-refractivity contribution in [1.29, 1.82) is 0 Å². The van der Waals surface area contributed by atoms with E-state index in [0.717, 1.165) is 6.42 Å². The van der Waals surface area contributed by atoms with Gasteiger partial charge in [0.05, 0.1) is 37.3 Å². The van der Waals surface area contributed by atoms with E-state index in [1.54, 1.807) is 60.7 Å². The average molecular weight is 425 g/mol. The number of anilines is 2. The zero-order valence-electron chi connectivity index (χ0n) is 16.5. The van der Waals surface area contributed by atoms with Gasteiger partial charge in [0.1, 0.15) is 6.10 Å². The highest BCUT2D eigenvalue weighted by molar-refractivity contribution is 6.31. The number of hydrogen-bond donors (Lipinski definition) is 0. The first-order chi connectivity index (χ1) is 14.7. The molecule has 2 aromatic carbocycles. The molecule has 4 rings (SSSR count). The molecular formula is C23H21ClN2O4. The average Bonchev–Trinajstić information content (AvgIpc) is 3.28. The monoisotopic (exact) mass is 424 g/mol. The van der Waals surface area contributed by atoms with E-state index in [2.05, 4.69) is 4.98 Å². The van der Waals surface area contributed by atoms with Crippen LogP contribution in [0.3, 0.4) is 0 Å². The van der Waals surface area contributed by atoms with Crippen LogP contribution in [0.1, 0.15) is 16.8 Å². The first-order valence-electron chi connectivity index (χ1n) is 9.58. The van der Waals surface area contributed by atoms with Crippen molar-refractivity contribution in [2.24, 2.45) is 0 Å². The maximum Gasteiger partial charge on any atom is 0.264 e. The second-order valence-corrected chi connectivity index (χ2v) is 7.24. The van der Waals surface area contributed by atoms with Gasteiger partial charge in [-0.25, -0.2) is 0 Å². The number of carbonyl (C=O) groups is 1. The van der Waals surface area contributed by atoms with Crippen LogP contribution < -0.4 is 14.4 Å². The Kier molecular flexibility index (Phi) is 6.16. The Labute approximate surface area is 180 Å². The second kappa shape index (κ2) is 9.15. The summed E-state index contributed by atoms with van der Waals surface area (Å²) in [5.74, 6) is 0.910. The first kappa shape index (κ1) is 20.2. The molecule has 0 saturated carbocycles. The topological polar surface area (TPSA) is 60.9 Å². The lowest BCUT2D eigenvalue weighted by atomic mass is 10.1. The SMILES string of the molecule is COc1ccc(N(C(=O)c2cccnc2)c2cccc(Cl)c2)cc1OC1CCOC1. The number of halogens is 1. The first-order valence-corrected chi connectivity index (χ1v) is 9.96. The molecule has 1 aliphatic heterocycles. The van der Waals surface area contributed by atoms with Crippen LogP contribution in [0.2, 0.25) is 5.02 Å². The Balaban J connectivity index is 1.77. The van der Waals surface area contributed by atoms with Crippen LogP contribution in [0, 0.1) is 0 Å². The molecule has 30 heavy (non-hydrogen) atoms. The van der Waals surface area contributed by atoms with Gasteiger partial charge < -0.3 is 14.2 Å². The van der Waals surface area contributed by atoms with Crippen molar-refractivity contribution in [3.05, 3.63) is 77.6 Å². The summed E-state index contributed by atoms with van der Waals surface area (Å²) in [5, 5.41) is 0.532. The number of methoxy groups -OCH3 is 1. The van der Waals surface area contributed by atoms with Crippen molar-refractivity contribution < 1.29 is 19.0 Å². The van der Waals surface area contributed by atoms with Gasteiger partial charge in [-0.15, -0.1) is 0 Å². The van der Waals surface area contributed by atoms with Gasteiger partial charge in [0.2, 0.25) is 0 Å². The van der Waals surface area contributed by atoms with Crippen molar-refractivity contribution in [3.8, 4) is 11.5 Å². The van der Waals surface area contributed by atoms with Gasteiger partial charge in [-0.3, -0.25) is 14.7 Å². The summed E-state index contributed by atoms with van der Waals surface area (Å²) in [6.07, 6.45) is 3.92. The molecule has 6 nitrogen and oxygen atoms in total. The van der Waals surface area contributed by atoms with Crippen LogP contribution in [0.15, 0.2) is 67.0 Å². The lowest BCUT2D eigenvalue weighted by Crippen LogP contribution is -2.26. The molecule has 1 aliphatic rings. The molecular weight excluding hydrogens is 404 g/mol. The Hall–Kier alpha value is -3.09. The van der Waals surface area contributed by atoms with E-state index in [1.165, 1.54) is 6.20 Å². The maximum atomic E-state index is 13.4. The summed E-state index contributed by atoms with van der Waals surface area (Å²) in [6, 6.07) is 16.0. The van der Waals surface area contributed by atoms with Gasteiger partial charge in [0.25, 0.3) is 5.91 Å². The molecule has 0 radical (unpaired) electrons. The quantitative estimate of drug-likeness (QED) is 0.563. The summed E-state index contributed by atoms with van der Waals surface area (Å²) in [5.41, 5.74) is 1.72. The van der Waals surface area contributed by atoms with E-state index >= 15 is 0 Å². The number of amides is 1. The second-order valence-electron chi connectivity index (χ2n) is 6.80. The van der Waals surface area contributed by atoms with Gasteiger partial charge in [-0.1, -0.05) is 17.7 Å². The number of benzene rings is 2. The van der Waals surface area contributed by atoms with Crippen LogP contribution in [0.5, 0.6) is 11.5 Å². The van der Waals surface area contributed by atoms with Gasteiger partial charge >= 0.3 is 0 Å². The summed E-state index contributed by atoms with van der Waals surface area (Å²) >= 11 is 6.21. The Morgan fingerprint density at radius 1 is 1.13 bits per heavy atom. The molecule has 3 aromatic rings. The van der Waals surface area contributed by atoms with E-state index < -0.39 is 0 Å². The van der Waals surface area contributed by atoms with Gasteiger partial charge in [-0.05, 0) is 42.5 Å². The fraction of sp³-hybridized carbons (Fsp3) is 0.217. The summed E-state index contributed by atoms with van der Waals surface area (Å²) in [4.78, 5) is 19.1. The highest BCUT2D eigenvalue weighted by Crippen LogP contribution is 2.37. The predicted octanol–water partition coefficient (Wildman–Crippen LogP) is 4.89. The number of aromatic nitrogens is 1. The normalized spacial score (nSPS) is 15.6. The smallest absolute Gasteiger partial charge is 0.264 e. The zero-order chi connectivity index (χ0) is 20.9. The van der Waals surface area contributed by atoms with Crippen molar-refractivity contribution in [2.45, 2.75) is 12.5 Å². The van der Waals surface area contributed by atoms with Crippen LogP contribution in [0.25, 0.3) is 0 Å². The maximum absolute atomic E-state index is 13.4. The number of hydrogen-bond acceptors (Lipinski definition) is 5. The van der Waals surface area contributed by atoms with Crippen LogP contribution in [-0.4, -0.2) is 37.3 Å². The number of nitrogens with zero attached hydrogens (tertiary/aromatic N) is 2. The molecule has 0 spiro atoms. The molecule has 1 saturated heterocycles. The third-order valence-corrected chi connectivity index (χ3v) is 5.00. The predicted molar refractivity (Wildman–Crippen MR) is 115 cm³/mol. The van der Waals surface area contributed by atoms with E-state index in [4.69, 9.17) is 25.8 Å². The number of rotatable bonds is 6. The lowest BCUT2D eigenvalue weighted by molar-refractivity contribution is 0.0999. The lowest BCUT2D eigenvalue weighted by Gasteiger charge is -2.25. The number of ether oxygens (including phenoxy) is 3. The summed E-state index contributed by atoms with van der Waals surface area (Å²) < 4.78 is 17.0. The number of pyridine rings is 1. The molecule has 1 fully saturated rings. The Morgan fingerprint density at radius 2 is 2.00 bits per heavy atom. The Morgan fingerprint density at radius 3 is 2.70 bits per heavy atom. The summed E-state index contributed by atoms with van der Waals surface area (Å²) in [6.45, 7) is 1.20. The standard InChI is InChI=1S/C23H21ClN2O4/c1-28-21-8-7-19(13-22(21)30-20-9-11-29-15-20)26(18-6-2-5-17(24)12-18)23(27)16-4-3-10-25-14-16/h2-8,10,12-14,20H,9,11,15H2,1H3. The summed E-state index contributed by atoms with van der Waals surface area (Å²) in [7, 11) is 1.59. The van der Waals surface area contributed by atoms with Crippen molar-refractivity contribution >= 4 is 28.9 Å². The van der Waals surface area contributed by atoms with Crippen molar-refractivity contribution in [1.82, 2.24) is 4.98 Å². The fourth-order valence-corrected chi connectivity index (χ4v) is 3.48.